The first kappa shape index (κ1) is 23.4. The molecule has 13 heavy (non-hydrogen) atoms. The smallest absolute Gasteiger partial charge is 0.870 e. The third-order valence-corrected chi connectivity index (χ3v) is 1.01. The van der Waals surface area contributed by atoms with E-state index in [1.54, 1.807) is 18.2 Å². The Morgan fingerprint density at radius 3 is 1.69 bits per heavy atom. The van der Waals surface area contributed by atoms with Gasteiger partial charge in [-0.3, -0.25) is 0 Å². The molecule has 0 saturated heterocycles. The normalized spacial score (nSPS) is 6.15. The second kappa shape index (κ2) is 12.5. The molecule has 1 aromatic rings. The Hall–Kier alpha value is 0.467. The first-order valence-electron chi connectivity index (χ1n) is 2.57. The minimum Gasteiger partial charge on any atom is -0.870 e. The molecule has 0 atom stereocenters. The Balaban J connectivity index is -0.000000101. The second-order valence-electron chi connectivity index (χ2n) is 1.65. The van der Waals surface area contributed by atoms with E-state index in [2.05, 4.69) is 0 Å². The van der Waals surface area contributed by atoms with Crippen molar-refractivity contribution in [1.29, 1.82) is 0 Å². The summed E-state index contributed by atoms with van der Waals surface area (Å²) in [6.45, 7) is 0. The molecule has 0 saturated carbocycles. The second-order valence-corrected chi connectivity index (χ2v) is 1.65. The van der Waals surface area contributed by atoms with Crippen LogP contribution in [0.15, 0.2) is 30.3 Å². The molecule has 0 aliphatic rings. The van der Waals surface area contributed by atoms with Gasteiger partial charge in [0.15, 0.2) is 0 Å². The molecule has 0 bridgehead atoms. The molecule has 6 heteroatoms. The van der Waals surface area contributed by atoms with Crippen LogP contribution in [0, 0.1) is 0 Å². The average molecular weight is 202 g/mol. The summed E-state index contributed by atoms with van der Waals surface area (Å²) >= 11 is 0. The van der Waals surface area contributed by atoms with Crippen LogP contribution >= 0.6 is 0 Å². The van der Waals surface area contributed by atoms with Crippen LogP contribution in [-0.4, -0.2) is 54.7 Å². The van der Waals surface area contributed by atoms with Gasteiger partial charge in [0, 0.05) is 0 Å². The Morgan fingerprint density at radius 2 is 1.46 bits per heavy atom. The van der Waals surface area contributed by atoms with Crippen LogP contribution in [-0.2, 0) is 0 Å². The third-order valence-electron chi connectivity index (χ3n) is 1.01. The van der Waals surface area contributed by atoms with Crippen LogP contribution in [0.4, 0.5) is 0 Å². The van der Waals surface area contributed by atoms with Gasteiger partial charge in [0.2, 0.25) is 0 Å². The Bertz CT molecular complexity index is 217. The van der Waals surface area contributed by atoms with Crippen molar-refractivity contribution in [2.24, 2.45) is 0 Å². The summed E-state index contributed by atoms with van der Waals surface area (Å²) in [5, 5.41) is 10.1. The molecule has 0 unspecified atom stereocenters. The van der Waals surface area contributed by atoms with Gasteiger partial charge in [-0.25, -0.2) is 0 Å². The van der Waals surface area contributed by atoms with Crippen LogP contribution in [0.5, 0.6) is 0 Å². The topological polar surface area (TPSA) is 100 Å². The van der Waals surface area contributed by atoms with Crippen molar-refractivity contribution in [3.8, 4) is 0 Å². The number of aromatic carboxylic acids is 1. The maximum absolute atomic E-state index is 10.1. The molecule has 0 amide bonds. The average Bonchev–Trinajstić information content (AvgIpc) is 1.90. The molecule has 4 nitrogen and oxygen atoms in total. The molecule has 0 aliphatic heterocycles. The van der Waals surface area contributed by atoms with Gasteiger partial charge < -0.3 is 20.9 Å². The number of carboxylic acid groups (broad SMARTS) is 1. The van der Waals surface area contributed by atoms with Gasteiger partial charge in [0.1, 0.15) is 0 Å². The zero-order chi connectivity index (χ0) is 6.69. The van der Waals surface area contributed by atoms with E-state index in [0.717, 1.165) is 0 Å². The molecular formula is C7H7CaLiO4. The van der Waals surface area contributed by atoms with E-state index in [-0.39, 0.29) is 73.1 Å². The maximum Gasteiger partial charge on any atom is 2.00 e. The minimum absolute atomic E-state index is 0. The van der Waals surface area contributed by atoms with E-state index >= 15 is 0 Å². The number of benzene rings is 1. The largest absolute Gasteiger partial charge is 2.00 e. The van der Waals surface area contributed by atoms with Gasteiger partial charge in [-0.2, -0.15) is 0 Å². The van der Waals surface area contributed by atoms with Gasteiger partial charge in [-0.15, -0.1) is 0 Å². The Morgan fingerprint density at radius 1 is 1.08 bits per heavy atom. The van der Waals surface area contributed by atoms with Crippen molar-refractivity contribution in [3.05, 3.63) is 35.9 Å². The van der Waals surface area contributed by atoms with E-state index in [4.69, 9.17) is 0 Å². The molecule has 0 spiro atoms. The van der Waals surface area contributed by atoms with E-state index < -0.39 is 5.97 Å². The summed E-state index contributed by atoms with van der Waals surface area (Å²) in [5.74, 6) is -1.13. The van der Waals surface area contributed by atoms with Gasteiger partial charge in [0.25, 0.3) is 0 Å². The predicted octanol–water partition coefficient (Wildman–Crippen LogP) is -3.68. The molecule has 1 aromatic carbocycles. The van der Waals surface area contributed by atoms with Crippen LogP contribution in [0.2, 0.25) is 0 Å². The summed E-state index contributed by atoms with van der Waals surface area (Å²) in [6.07, 6.45) is 0. The van der Waals surface area contributed by atoms with Crippen LogP contribution in [0.3, 0.4) is 0 Å². The fourth-order valence-corrected chi connectivity index (χ4v) is 0.574. The Labute approximate surface area is 118 Å². The number of carboxylic acids is 1. The van der Waals surface area contributed by atoms with Crippen LogP contribution in [0.25, 0.3) is 0 Å². The first-order chi connectivity index (χ1) is 4.30. The third kappa shape index (κ3) is 8.79. The van der Waals surface area contributed by atoms with Crippen molar-refractivity contribution in [1.82, 2.24) is 0 Å². The van der Waals surface area contributed by atoms with Crippen molar-refractivity contribution in [2.45, 2.75) is 0 Å². The van der Waals surface area contributed by atoms with Crippen LogP contribution < -0.4 is 24.0 Å². The molecule has 2 N–H and O–H groups in total. The SMILES string of the molecule is O=C([O-])c1ccccc1.[Ca+2].[Li+].[OH-].[OH-]. The van der Waals surface area contributed by atoms with Gasteiger partial charge in [0.05, 0.1) is 5.97 Å². The Kier molecular flexibility index (Phi) is 22.4. The van der Waals surface area contributed by atoms with E-state index in [9.17, 15) is 9.90 Å². The summed E-state index contributed by atoms with van der Waals surface area (Å²) < 4.78 is 0. The quantitative estimate of drug-likeness (QED) is 0.438. The molecule has 1 rings (SSSR count). The fraction of sp³-hybridized carbons (Fsp3) is 0. The molecular weight excluding hydrogens is 195 g/mol. The van der Waals surface area contributed by atoms with Gasteiger partial charge in [-0.05, 0) is 5.56 Å². The van der Waals surface area contributed by atoms with Crippen molar-refractivity contribution < 1.29 is 39.7 Å². The zero-order valence-electron chi connectivity index (χ0n) is 7.30. The summed E-state index contributed by atoms with van der Waals surface area (Å²) in [5.41, 5.74) is 0.220. The molecule has 0 aromatic heterocycles. The summed E-state index contributed by atoms with van der Waals surface area (Å²) in [6, 6.07) is 8.06. The first-order valence-corrected chi connectivity index (χ1v) is 2.57. The number of hydrogen-bond donors (Lipinski definition) is 0. The molecule has 0 radical (unpaired) electrons. The van der Waals surface area contributed by atoms with Crippen LogP contribution in [0.1, 0.15) is 10.4 Å². The van der Waals surface area contributed by atoms with Crippen molar-refractivity contribution in [3.63, 3.8) is 0 Å². The number of hydrogen-bond acceptors (Lipinski definition) is 4. The zero-order valence-corrected chi connectivity index (χ0v) is 9.51. The standard InChI is InChI=1S/C7H6O2.Ca.Li.2H2O/c8-7(9)6-4-2-1-3-5-6;;;;/h1-5H,(H,8,9);;;2*1H2/q;+2;+1;;/p-3. The molecule has 0 heterocycles. The molecule has 0 fully saturated rings. The predicted molar refractivity (Wildman–Crippen MR) is 40.4 cm³/mol. The number of rotatable bonds is 1. The van der Waals surface area contributed by atoms with Crippen molar-refractivity contribution >= 4 is 43.7 Å². The van der Waals surface area contributed by atoms with E-state index in [1.165, 1.54) is 12.1 Å². The summed E-state index contributed by atoms with van der Waals surface area (Å²) in [7, 11) is 0. The fourth-order valence-electron chi connectivity index (χ4n) is 0.574. The number of carbonyl (C=O) groups excluding carboxylic acids is 1. The molecule has 62 valence electrons. The minimum atomic E-state index is -1.13. The van der Waals surface area contributed by atoms with E-state index in [0.29, 0.717) is 0 Å². The number of carbonyl (C=O) groups is 1. The monoisotopic (exact) mass is 202 g/mol. The van der Waals surface area contributed by atoms with Crippen molar-refractivity contribution in [2.75, 3.05) is 0 Å². The maximum atomic E-state index is 10.1. The summed E-state index contributed by atoms with van der Waals surface area (Å²) in [4.78, 5) is 10.1. The van der Waals surface area contributed by atoms with Gasteiger partial charge >= 0.3 is 56.6 Å². The molecule has 0 aliphatic carbocycles. The van der Waals surface area contributed by atoms with E-state index in [1.807, 2.05) is 0 Å². The van der Waals surface area contributed by atoms with Gasteiger partial charge in [-0.1, -0.05) is 30.3 Å².